The van der Waals surface area contributed by atoms with Gasteiger partial charge in [-0.15, -0.1) is 0 Å². The van der Waals surface area contributed by atoms with Crippen LogP contribution in [-0.2, 0) is 6.54 Å². The van der Waals surface area contributed by atoms with Crippen LogP contribution in [0, 0.1) is 13.8 Å². The van der Waals surface area contributed by atoms with Crippen molar-refractivity contribution in [3.05, 3.63) is 70.3 Å². The number of benzene rings is 2. The Balaban J connectivity index is 1.59. The summed E-state index contributed by atoms with van der Waals surface area (Å²) in [7, 11) is 0. The number of nitrogens with one attached hydrogen (secondary N) is 1. The largest absolute Gasteiger partial charge is 0.346 e. The van der Waals surface area contributed by atoms with Crippen LogP contribution in [0.5, 0.6) is 0 Å². The molecular formula is C24H32N2O. The fourth-order valence-corrected chi connectivity index (χ4v) is 3.98. The highest BCUT2D eigenvalue weighted by atomic mass is 16.1. The van der Waals surface area contributed by atoms with Gasteiger partial charge in [-0.3, -0.25) is 9.69 Å². The van der Waals surface area contributed by atoms with Crippen molar-refractivity contribution in [1.29, 1.82) is 0 Å². The standard InChI is InChI=1S/C24H32N2O/c1-18-8-13-23(19(2)16-18)20(3)25-24(27)22-11-9-21(10-12-22)17-26-14-6-4-5-7-15-26/h8-13,16,20H,4-7,14-15,17H2,1-3H3,(H,25,27). The van der Waals surface area contributed by atoms with Gasteiger partial charge in [-0.05, 0) is 75.5 Å². The lowest BCUT2D eigenvalue weighted by atomic mass is 10.00. The molecule has 1 unspecified atom stereocenters. The van der Waals surface area contributed by atoms with Gasteiger partial charge in [0.05, 0.1) is 6.04 Å². The molecule has 0 spiro atoms. The van der Waals surface area contributed by atoms with Crippen LogP contribution in [0.4, 0.5) is 0 Å². The van der Waals surface area contributed by atoms with Crippen LogP contribution in [0.1, 0.15) is 71.3 Å². The van der Waals surface area contributed by atoms with Gasteiger partial charge in [0.1, 0.15) is 0 Å². The number of carbonyl (C=O) groups excluding carboxylic acids is 1. The van der Waals surface area contributed by atoms with E-state index in [0.29, 0.717) is 0 Å². The number of nitrogens with zero attached hydrogens (tertiary/aromatic N) is 1. The first kappa shape index (κ1) is 19.6. The van der Waals surface area contributed by atoms with E-state index in [9.17, 15) is 4.79 Å². The minimum absolute atomic E-state index is 0.00474. The Bertz CT molecular complexity index is 758. The molecule has 1 aliphatic rings. The number of aryl methyl sites for hydroxylation is 2. The molecule has 1 saturated heterocycles. The van der Waals surface area contributed by atoms with E-state index in [-0.39, 0.29) is 11.9 Å². The molecule has 2 aromatic rings. The Morgan fingerprint density at radius 2 is 1.67 bits per heavy atom. The molecule has 2 aromatic carbocycles. The van der Waals surface area contributed by atoms with Gasteiger partial charge in [-0.25, -0.2) is 0 Å². The van der Waals surface area contributed by atoms with E-state index in [1.807, 2.05) is 19.1 Å². The fourth-order valence-electron chi connectivity index (χ4n) is 3.98. The van der Waals surface area contributed by atoms with E-state index >= 15 is 0 Å². The van der Waals surface area contributed by atoms with Crippen LogP contribution in [0.3, 0.4) is 0 Å². The highest BCUT2D eigenvalue weighted by molar-refractivity contribution is 5.94. The molecule has 1 atom stereocenters. The van der Waals surface area contributed by atoms with Gasteiger partial charge < -0.3 is 5.32 Å². The van der Waals surface area contributed by atoms with E-state index in [2.05, 4.69) is 54.4 Å². The lowest BCUT2D eigenvalue weighted by Crippen LogP contribution is -2.27. The van der Waals surface area contributed by atoms with Gasteiger partial charge in [0, 0.05) is 12.1 Å². The van der Waals surface area contributed by atoms with Gasteiger partial charge >= 0.3 is 0 Å². The number of likely N-dealkylation sites (tertiary alicyclic amines) is 1. The number of hydrogen-bond acceptors (Lipinski definition) is 2. The summed E-state index contributed by atoms with van der Waals surface area (Å²) >= 11 is 0. The average molecular weight is 365 g/mol. The summed E-state index contributed by atoms with van der Waals surface area (Å²) < 4.78 is 0. The second-order valence-electron chi connectivity index (χ2n) is 7.94. The Hall–Kier alpha value is -2.13. The van der Waals surface area contributed by atoms with Crippen molar-refractivity contribution in [3.8, 4) is 0 Å². The number of hydrogen-bond donors (Lipinski definition) is 1. The predicted octanol–water partition coefficient (Wildman–Crippen LogP) is 5.17. The summed E-state index contributed by atoms with van der Waals surface area (Å²) in [6.07, 6.45) is 5.32. The van der Waals surface area contributed by atoms with Crippen LogP contribution >= 0.6 is 0 Å². The van der Waals surface area contributed by atoms with Gasteiger partial charge in [-0.1, -0.05) is 48.7 Å². The highest BCUT2D eigenvalue weighted by Crippen LogP contribution is 2.19. The van der Waals surface area contributed by atoms with Crippen molar-refractivity contribution < 1.29 is 4.79 Å². The summed E-state index contributed by atoms with van der Waals surface area (Å²) in [6, 6.07) is 14.5. The molecule has 1 amide bonds. The molecule has 0 aromatic heterocycles. The summed E-state index contributed by atoms with van der Waals surface area (Å²) in [5, 5.41) is 3.13. The molecule has 3 heteroatoms. The highest BCUT2D eigenvalue weighted by Gasteiger charge is 2.14. The van der Waals surface area contributed by atoms with Gasteiger partial charge in [0.15, 0.2) is 0 Å². The van der Waals surface area contributed by atoms with Crippen LogP contribution in [0.15, 0.2) is 42.5 Å². The van der Waals surface area contributed by atoms with Crippen molar-refractivity contribution in [2.45, 2.75) is 59.0 Å². The first-order valence-corrected chi connectivity index (χ1v) is 10.2. The van der Waals surface area contributed by atoms with E-state index in [1.54, 1.807) is 0 Å². The Labute approximate surface area is 163 Å². The molecule has 0 radical (unpaired) electrons. The first-order valence-electron chi connectivity index (χ1n) is 10.2. The Morgan fingerprint density at radius 3 is 2.30 bits per heavy atom. The summed E-state index contributed by atoms with van der Waals surface area (Å²) in [6.45, 7) is 9.60. The molecule has 3 rings (SSSR count). The molecule has 0 bridgehead atoms. The van der Waals surface area contributed by atoms with Crippen LogP contribution in [-0.4, -0.2) is 23.9 Å². The maximum Gasteiger partial charge on any atom is 0.251 e. The molecular weight excluding hydrogens is 332 g/mol. The van der Waals surface area contributed by atoms with Crippen LogP contribution in [0.2, 0.25) is 0 Å². The lowest BCUT2D eigenvalue weighted by Gasteiger charge is -2.20. The SMILES string of the molecule is Cc1ccc(C(C)NC(=O)c2ccc(CN3CCCCCC3)cc2)c(C)c1. The monoisotopic (exact) mass is 364 g/mol. The van der Waals surface area contributed by atoms with Crippen LogP contribution in [0.25, 0.3) is 0 Å². The van der Waals surface area contributed by atoms with Crippen molar-refractivity contribution in [3.63, 3.8) is 0 Å². The second-order valence-corrected chi connectivity index (χ2v) is 7.94. The lowest BCUT2D eigenvalue weighted by molar-refractivity contribution is 0.0940. The normalized spacial score (nSPS) is 16.6. The minimum atomic E-state index is -0.0104. The Morgan fingerprint density at radius 1 is 1.00 bits per heavy atom. The smallest absolute Gasteiger partial charge is 0.251 e. The van der Waals surface area contributed by atoms with E-state index in [0.717, 1.165) is 12.1 Å². The summed E-state index contributed by atoms with van der Waals surface area (Å²) in [4.78, 5) is 15.2. The third kappa shape index (κ3) is 5.43. The van der Waals surface area contributed by atoms with Gasteiger partial charge in [0.2, 0.25) is 0 Å². The summed E-state index contributed by atoms with van der Waals surface area (Å²) in [5.74, 6) is -0.0104. The maximum absolute atomic E-state index is 12.6. The van der Waals surface area contributed by atoms with Crippen molar-refractivity contribution in [2.24, 2.45) is 0 Å². The molecule has 1 heterocycles. The molecule has 144 valence electrons. The zero-order valence-electron chi connectivity index (χ0n) is 16.9. The van der Waals surface area contributed by atoms with E-state index in [4.69, 9.17) is 0 Å². The molecule has 1 N–H and O–H groups in total. The quantitative estimate of drug-likeness (QED) is 0.794. The number of amides is 1. The van der Waals surface area contributed by atoms with E-state index < -0.39 is 0 Å². The number of rotatable bonds is 5. The molecule has 1 aliphatic heterocycles. The molecule has 27 heavy (non-hydrogen) atoms. The molecule has 0 aliphatic carbocycles. The van der Waals surface area contributed by atoms with Crippen molar-refractivity contribution >= 4 is 5.91 Å². The predicted molar refractivity (Wildman–Crippen MR) is 112 cm³/mol. The molecule has 0 saturated carbocycles. The number of carbonyl (C=O) groups is 1. The fraction of sp³-hybridized carbons (Fsp3) is 0.458. The maximum atomic E-state index is 12.6. The first-order chi connectivity index (χ1) is 13.0. The minimum Gasteiger partial charge on any atom is -0.346 e. The van der Waals surface area contributed by atoms with E-state index in [1.165, 1.54) is 61.0 Å². The molecule has 3 nitrogen and oxygen atoms in total. The van der Waals surface area contributed by atoms with Gasteiger partial charge in [-0.2, -0.15) is 0 Å². The molecule has 1 fully saturated rings. The third-order valence-corrected chi connectivity index (χ3v) is 5.56. The third-order valence-electron chi connectivity index (χ3n) is 5.56. The van der Waals surface area contributed by atoms with Crippen molar-refractivity contribution in [2.75, 3.05) is 13.1 Å². The topological polar surface area (TPSA) is 32.3 Å². The van der Waals surface area contributed by atoms with Gasteiger partial charge in [0.25, 0.3) is 5.91 Å². The average Bonchev–Trinajstić information content (AvgIpc) is 2.91. The Kier molecular flexibility index (Phi) is 6.68. The van der Waals surface area contributed by atoms with Crippen molar-refractivity contribution in [1.82, 2.24) is 10.2 Å². The second kappa shape index (κ2) is 9.18. The van der Waals surface area contributed by atoms with Crippen LogP contribution < -0.4 is 5.32 Å². The summed E-state index contributed by atoms with van der Waals surface area (Å²) in [5.41, 5.74) is 5.65. The zero-order valence-corrected chi connectivity index (χ0v) is 16.9. The zero-order chi connectivity index (χ0) is 19.2.